The number of carbonyl (C=O) groups excluding carboxylic acids is 1. The summed E-state index contributed by atoms with van der Waals surface area (Å²) in [4.78, 5) is 52.6. The number of aromatic nitrogens is 4. The molecule has 154 valence electrons. The fourth-order valence-corrected chi connectivity index (χ4v) is 3.53. The molecule has 3 heterocycles. The van der Waals surface area contributed by atoms with Gasteiger partial charge in [0.15, 0.2) is 0 Å². The molecule has 1 N–H and O–H groups in total. The van der Waals surface area contributed by atoms with E-state index >= 15 is 0 Å². The molecule has 1 saturated heterocycles. The number of nitrogens with zero attached hydrogens (tertiary/aromatic N) is 5. The lowest BCUT2D eigenvalue weighted by Gasteiger charge is -2.34. The van der Waals surface area contributed by atoms with E-state index in [0.717, 1.165) is 4.57 Å². The van der Waals surface area contributed by atoms with Crippen molar-refractivity contribution in [3.05, 3.63) is 85.9 Å². The smallest absolute Gasteiger partial charge is 0.328 e. The van der Waals surface area contributed by atoms with Crippen molar-refractivity contribution in [2.75, 3.05) is 31.1 Å². The number of carbonyl (C=O) groups is 1. The fraction of sp³-hybridized carbons (Fsp3) is 0.250. The molecule has 0 aliphatic carbocycles. The van der Waals surface area contributed by atoms with Crippen LogP contribution in [-0.2, 0) is 6.54 Å². The van der Waals surface area contributed by atoms with Crippen molar-refractivity contribution < 1.29 is 4.79 Å². The van der Waals surface area contributed by atoms with Gasteiger partial charge in [-0.15, -0.1) is 0 Å². The van der Waals surface area contributed by atoms with Crippen LogP contribution < -0.4 is 16.1 Å². The zero-order chi connectivity index (χ0) is 21.1. The quantitative estimate of drug-likeness (QED) is 0.667. The first-order valence-corrected chi connectivity index (χ1v) is 9.79. The molecular formula is C20H19ClN6O3. The SMILES string of the molecule is O=C(c1c[nH]c(=O)n(Cc2ccccc2Cl)c1=O)N1CCN(c2ncccn2)CC1. The number of benzene rings is 1. The zero-order valence-electron chi connectivity index (χ0n) is 16.0. The summed E-state index contributed by atoms with van der Waals surface area (Å²) in [5.41, 5.74) is -0.695. The minimum absolute atomic E-state index is 0.0198. The van der Waals surface area contributed by atoms with Crippen molar-refractivity contribution in [2.45, 2.75) is 6.54 Å². The van der Waals surface area contributed by atoms with Crippen LogP contribution in [0, 0.1) is 0 Å². The molecule has 4 rings (SSSR count). The van der Waals surface area contributed by atoms with Gasteiger partial charge in [0.2, 0.25) is 5.95 Å². The molecule has 0 saturated carbocycles. The molecule has 0 radical (unpaired) electrons. The average Bonchev–Trinajstić information content (AvgIpc) is 2.78. The Morgan fingerprint density at radius 3 is 2.43 bits per heavy atom. The zero-order valence-corrected chi connectivity index (χ0v) is 16.7. The van der Waals surface area contributed by atoms with Crippen LogP contribution in [-0.4, -0.2) is 56.5 Å². The highest BCUT2D eigenvalue weighted by Crippen LogP contribution is 2.15. The van der Waals surface area contributed by atoms with Gasteiger partial charge >= 0.3 is 5.69 Å². The van der Waals surface area contributed by atoms with Crippen LogP contribution in [0.5, 0.6) is 0 Å². The molecule has 3 aromatic rings. The van der Waals surface area contributed by atoms with E-state index in [1.165, 1.54) is 6.20 Å². The number of hydrogen-bond acceptors (Lipinski definition) is 6. The van der Waals surface area contributed by atoms with Crippen LogP contribution in [0.2, 0.25) is 5.02 Å². The minimum Gasteiger partial charge on any atom is -0.337 e. The Morgan fingerprint density at radius 2 is 1.73 bits per heavy atom. The number of H-pyrrole nitrogens is 1. The summed E-state index contributed by atoms with van der Waals surface area (Å²) >= 11 is 6.15. The van der Waals surface area contributed by atoms with Gasteiger partial charge in [-0.3, -0.25) is 14.2 Å². The molecule has 1 fully saturated rings. The third kappa shape index (κ3) is 3.97. The first-order valence-electron chi connectivity index (χ1n) is 9.42. The maximum Gasteiger partial charge on any atom is 0.328 e. The van der Waals surface area contributed by atoms with E-state index < -0.39 is 17.2 Å². The standard InChI is InChI=1S/C20H19ClN6O3/c21-16-5-2-1-4-14(16)13-27-18(29)15(12-24-20(27)30)17(28)25-8-10-26(11-9-25)19-22-6-3-7-23-19/h1-7,12H,8-11,13H2,(H,24,30). The molecule has 2 aromatic heterocycles. The van der Waals surface area contributed by atoms with Gasteiger partial charge in [-0.25, -0.2) is 14.8 Å². The van der Waals surface area contributed by atoms with Gasteiger partial charge < -0.3 is 14.8 Å². The van der Waals surface area contributed by atoms with E-state index in [2.05, 4.69) is 15.0 Å². The maximum absolute atomic E-state index is 13.0. The summed E-state index contributed by atoms with van der Waals surface area (Å²) in [6, 6.07) is 8.69. The van der Waals surface area contributed by atoms with Crippen molar-refractivity contribution in [3.8, 4) is 0 Å². The molecule has 9 nitrogen and oxygen atoms in total. The number of piperazine rings is 1. The number of amides is 1. The van der Waals surface area contributed by atoms with Crippen molar-refractivity contribution in [1.82, 2.24) is 24.4 Å². The van der Waals surface area contributed by atoms with Gasteiger partial charge in [0.1, 0.15) is 5.56 Å². The van der Waals surface area contributed by atoms with Crippen LogP contribution in [0.1, 0.15) is 15.9 Å². The summed E-state index contributed by atoms with van der Waals surface area (Å²) in [5, 5.41) is 0.444. The Bertz CT molecular complexity index is 1170. The lowest BCUT2D eigenvalue weighted by Crippen LogP contribution is -2.51. The number of rotatable bonds is 4. The Morgan fingerprint density at radius 1 is 1.03 bits per heavy atom. The van der Waals surface area contributed by atoms with E-state index in [9.17, 15) is 14.4 Å². The molecule has 1 amide bonds. The molecule has 0 unspecified atom stereocenters. The van der Waals surface area contributed by atoms with E-state index in [0.29, 0.717) is 42.7 Å². The van der Waals surface area contributed by atoms with Crippen LogP contribution >= 0.6 is 11.6 Å². The number of hydrogen-bond donors (Lipinski definition) is 1. The van der Waals surface area contributed by atoms with Crippen molar-refractivity contribution in [1.29, 1.82) is 0 Å². The molecule has 1 aromatic carbocycles. The van der Waals surface area contributed by atoms with Gasteiger partial charge in [0, 0.05) is 49.8 Å². The van der Waals surface area contributed by atoms with Gasteiger partial charge in [-0.1, -0.05) is 29.8 Å². The van der Waals surface area contributed by atoms with Gasteiger partial charge in [-0.05, 0) is 17.7 Å². The second-order valence-electron chi connectivity index (χ2n) is 6.82. The Balaban J connectivity index is 1.53. The Hall–Kier alpha value is -3.46. The third-order valence-corrected chi connectivity index (χ3v) is 5.35. The average molecular weight is 427 g/mol. The van der Waals surface area contributed by atoms with Gasteiger partial charge in [0.05, 0.1) is 6.54 Å². The van der Waals surface area contributed by atoms with Crippen molar-refractivity contribution >= 4 is 23.5 Å². The number of nitrogens with one attached hydrogen (secondary N) is 1. The van der Waals surface area contributed by atoms with E-state index in [4.69, 9.17) is 11.6 Å². The molecule has 1 aliphatic heterocycles. The largest absolute Gasteiger partial charge is 0.337 e. The summed E-state index contributed by atoms with van der Waals surface area (Å²) in [5.74, 6) is 0.188. The summed E-state index contributed by atoms with van der Waals surface area (Å²) in [6.07, 6.45) is 4.52. The summed E-state index contributed by atoms with van der Waals surface area (Å²) in [6.45, 7) is 1.91. The molecule has 0 atom stereocenters. The van der Waals surface area contributed by atoms with Gasteiger partial charge in [-0.2, -0.15) is 0 Å². The van der Waals surface area contributed by atoms with Gasteiger partial charge in [0.25, 0.3) is 11.5 Å². The topological polar surface area (TPSA) is 104 Å². The van der Waals surface area contributed by atoms with Crippen LogP contribution in [0.3, 0.4) is 0 Å². The highest BCUT2D eigenvalue weighted by atomic mass is 35.5. The van der Waals surface area contributed by atoms with Crippen LogP contribution in [0.4, 0.5) is 5.95 Å². The highest BCUT2D eigenvalue weighted by Gasteiger charge is 2.26. The Kier molecular flexibility index (Phi) is 5.62. The maximum atomic E-state index is 13.0. The van der Waals surface area contributed by atoms with E-state index in [1.807, 2.05) is 4.90 Å². The predicted molar refractivity (Wildman–Crippen MR) is 112 cm³/mol. The number of halogens is 1. The fourth-order valence-electron chi connectivity index (χ4n) is 3.34. The second-order valence-corrected chi connectivity index (χ2v) is 7.23. The van der Waals surface area contributed by atoms with Crippen LogP contribution in [0.25, 0.3) is 0 Å². The first kappa shape index (κ1) is 19.8. The monoisotopic (exact) mass is 426 g/mol. The summed E-state index contributed by atoms with van der Waals surface area (Å²) < 4.78 is 0.989. The lowest BCUT2D eigenvalue weighted by molar-refractivity contribution is 0.0743. The van der Waals surface area contributed by atoms with Crippen LogP contribution in [0.15, 0.2) is 58.5 Å². The molecule has 0 bridgehead atoms. The second kappa shape index (κ2) is 8.50. The molecule has 0 spiro atoms. The Labute approximate surface area is 176 Å². The molecule has 30 heavy (non-hydrogen) atoms. The summed E-state index contributed by atoms with van der Waals surface area (Å²) in [7, 11) is 0. The first-order chi connectivity index (χ1) is 14.5. The van der Waals surface area contributed by atoms with E-state index in [-0.39, 0.29) is 12.1 Å². The number of anilines is 1. The lowest BCUT2D eigenvalue weighted by atomic mass is 10.2. The molecular weight excluding hydrogens is 408 g/mol. The number of aromatic amines is 1. The minimum atomic E-state index is -0.641. The third-order valence-electron chi connectivity index (χ3n) is 4.98. The predicted octanol–water partition coefficient (Wildman–Crippen LogP) is 0.991. The molecule has 10 heteroatoms. The van der Waals surface area contributed by atoms with Crippen molar-refractivity contribution in [3.63, 3.8) is 0 Å². The highest BCUT2D eigenvalue weighted by molar-refractivity contribution is 6.31. The molecule has 1 aliphatic rings. The van der Waals surface area contributed by atoms with E-state index in [1.54, 1.807) is 47.6 Å². The normalized spacial score (nSPS) is 14.0. The van der Waals surface area contributed by atoms with Crippen molar-refractivity contribution in [2.24, 2.45) is 0 Å².